The molecule has 0 saturated carbocycles. The number of benzene rings is 2. The first-order valence-corrected chi connectivity index (χ1v) is 5.90. The Morgan fingerprint density at radius 2 is 1.84 bits per heavy atom. The van der Waals surface area contributed by atoms with E-state index in [4.69, 9.17) is 4.74 Å². The Kier molecular flexibility index (Phi) is 4.03. The van der Waals surface area contributed by atoms with E-state index in [9.17, 15) is 9.90 Å². The molecule has 4 heteroatoms. The number of esters is 1. The highest BCUT2D eigenvalue weighted by Crippen LogP contribution is 2.20. The number of rotatable bonds is 4. The summed E-state index contributed by atoms with van der Waals surface area (Å²) in [6, 6.07) is 14.2. The first-order valence-electron chi connectivity index (χ1n) is 5.90. The van der Waals surface area contributed by atoms with Gasteiger partial charge in [-0.3, -0.25) is 0 Å². The van der Waals surface area contributed by atoms with Crippen molar-refractivity contribution in [3.8, 4) is 5.75 Å². The molecule has 98 valence electrons. The smallest absolute Gasteiger partial charge is 0.339 e. The van der Waals surface area contributed by atoms with Crippen LogP contribution in [0.15, 0.2) is 48.5 Å². The van der Waals surface area contributed by atoms with Gasteiger partial charge in [0.05, 0.1) is 12.7 Å². The maximum absolute atomic E-state index is 11.6. The van der Waals surface area contributed by atoms with E-state index in [1.54, 1.807) is 30.3 Å². The van der Waals surface area contributed by atoms with Crippen LogP contribution >= 0.6 is 0 Å². The highest BCUT2D eigenvalue weighted by molar-refractivity contribution is 5.95. The van der Waals surface area contributed by atoms with Crippen LogP contribution in [0.5, 0.6) is 5.75 Å². The summed E-state index contributed by atoms with van der Waals surface area (Å²) in [4.78, 5) is 11.6. The maximum Gasteiger partial charge on any atom is 0.339 e. The van der Waals surface area contributed by atoms with E-state index in [2.05, 4.69) is 5.32 Å². The molecule has 0 radical (unpaired) electrons. The third-order valence-electron chi connectivity index (χ3n) is 2.79. The van der Waals surface area contributed by atoms with Crippen LogP contribution in [0.2, 0.25) is 0 Å². The van der Waals surface area contributed by atoms with Gasteiger partial charge in [-0.2, -0.15) is 0 Å². The van der Waals surface area contributed by atoms with Crippen molar-refractivity contribution in [2.75, 3.05) is 12.4 Å². The molecule has 0 bridgehead atoms. The molecule has 0 heterocycles. The number of phenols is 1. The van der Waals surface area contributed by atoms with Crippen molar-refractivity contribution in [2.45, 2.75) is 6.54 Å². The van der Waals surface area contributed by atoms with Gasteiger partial charge in [-0.15, -0.1) is 0 Å². The molecule has 0 aliphatic carbocycles. The summed E-state index contributed by atoms with van der Waals surface area (Å²) >= 11 is 0. The van der Waals surface area contributed by atoms with Crippen LogP contribution < -0.4 is 5.32 Å². The molecule has 4 nitrogen and oxygen atoms in total. The van der Waals surface area contributed by atoms with Crippen LogP contribution in [-0.2, 0) is 11.3 Å². The van der Waals surface area contributed by atoms with Gasteiger partial charge >= 0.3 is 5.97 Å². The quantitative estimate of drug-likeness (QED) is 0.827. The van der Waals surface area contributed by atoms with Crippen molar-refractivity contribution >= 4 is 11.7 Å². The predicted octanol–water partition coefficient (Wildman–Crippen LogP) is 2.79. The number of carbonyl (C=O) groups is 1. The second kappa shape index (κ2) is 5.91. The number of hydrogen-bond donors (Lipinski definition) is 2. The lowest BCUT2D eigenvalue weighted by Crippen LogP contribution is -2.08. The van der Waals surface area contributed by atoms with Crippen molar-refractivity contribution < 1.29 is 14.6 Å². The van der Waals surface area contributed by atoms with Crippen molar-refractivity contribution in [2.24, 2.45) is 0 Å². The van der Waals surface area contributed by atoms with Gasteiger partial charge in [0.25, 0.3) is 0 Å². The molecule has 0 spiro atoms. The van der Waals surface area contributed by atoms with Crippen molar-refractivity contribution in [1.29, 1.82) is 0 Å². The molecular formula is C15H15NO3. The van der Waals surface area contributed by atoms with Crippen LogP contribution in [0.3, 0.4) is 0 Å². The van der Waals surface area contributed by atoms with Crippen LogP contribution in [0, 0.1) is 0 Å². The van der Waals surface area contributed by atoms with E-state index in [0.29, 0.717) is 17.8 Å². The minimum atomic E-state index is -0.389. The van der Waals surface area contributed by atoms with Gasteiger partial charge in [0, 0.05) is 17.8 Å². The van der Waals surface area contributed by atoms with Crippen molar-refractivity contribution in [1.82, 2.24) is 0 Å². The number of hydrogen-bond acceptors (Lipinski definition) is 4. The predicted molar refractivity (Wildman–Crippen MR) is 73.2 cm³/mol. The second-order valence-corrected chi connectivity index (χ2v) is 4.02. The maximum atomic E-state index is 11.6. The molecule has 0 saturated heterocycles. The molecule has 0 aliphatic rings. The lowest BCUT2D eigenvalue weighted by Gasteiger charge is -2.11. The highest BCUT2D eigenvalue weighted by Gasteiger charge is 2.10. The Morgan fingerprint density at radius 1 is 1.16 bits per heavy atom. The molecule has 2 aromatic rings. The average molecular weight is 257 g/mol. The molecule has 19 heavy (non-hydrogen) atoms. The number of aromatic hydroxyl groups is 1. The van der Waals surface area contributed by atoms with Crippen LogP contribution in [0.25, 0.3) is 0 Å². The van der Waals surface area contributed by atoms with Gasteiger partial charge in [-0.1, -0.05) is 30.3 Å². The zero-order chi connectivity index (χ0) is 13.7. The van der Waals surface area contributed by atoms with E-state index in [-0.39, 0.29) is 11.7 Å². The lowest BCUT2D eigenvalue weighted by molar-refractivity contribution is 0.0602. The van der Waals surface area contributed by atoms with Crippen LogP contribution in [0.4, 0.5) is 5.69 Å². The average Bonchev–Trinajstić information content (AvgIpc) is 2.46. The van der Waals surface area contributed by atoms with Crippen molar-refractivity contribution in [3.63, 3.8) is 0 Å². The summed E-state index contributed by atoms with van der Waals surface area (Å²) in [5.74, 6) is -0.161. The lowest BCUT2D eigenvalue weighted by atomic mass is 10.1. The summed E-state index contributed by atoms with van der Waals surface area (Å²) in [6.45, 7) is 0.431. The van der Waals surface area contributed by atoms with E-state index in [1.165, 1.54) is 7.11 Å². The van der Waals surface area contributed by atoms with Gasteiger partial charge < -0.3 is 15.2 Å². The van der Waals surface area contributed by atoms with Crippen molar-refractivity contribution in [3.05, 3.63) is 59.7 Å². The zero-order valence-corrected chi connectivity index (χ0v) is 10.6. The summed E-state index contributed by atoms with van der Waals surface area (Å²) in [7, 11) is 1.35. The Hall–Kier alpha value is -2.49. The van der Waals surface area contributed by atoms with Gasteiger partial charge in [0.15, 0.2) is 0 Å². The first-order chi connectivity index (χ1) is 9.22. The third-order valence-corrected chi connectivity index (χ3v) is 2.79. The van der Waals surface area contributed by atoms with Gasteiger partial charge in [-0.25, -0.2) is 4.79 Å². The minimum absolute atomic E-state index is 0.227. The fraction of sp³-hybridized carbons (Fsp3) is 0.133. The monoisotopic (exact) mass is 257 g/mol. The number of phenolic OH excluding ortho intramolecular Hbond substituents is 1. The summed E-state index contributed by atoms with van der Waals surface area (Å²) in [5.41, 5.74) is 1.92. The highest BCUT2D eigenvalue weighted by atomic mass is 16.5. The fourth-order valence-electron chi connectivity index (χ4n) is 1.78. The SMILES string of the molecule is COC(=O)c1ccccc1NCc1ccccc1O. The Balaban J connectivity index is 2.16. The molecular weight excluding hydrogens is 242 g/mol. The summed E-state index contributed by atoms with van der Waals surface area (Å²) in [5, 5.41) is 12.8. The fourth-order valence-corrected chi connectivity index (χ4v) is 1.78. The molecule has 0 unspecified atom stereocenters. The van der Waals surface area contributed by atoms with Crippen LogP contribution in [0.1, 0.15) is 15.9 Å². The van der Waals surface area contributed by atoms with E-state index in [1.807, 2.05) is 18.2 Å². The molecule has 2 rings (SSSR count). The number of nitrogens with one attached hydrogen (secondary N) is 1. The molecule has 0 aliphatic heterocycles. The second-order valence-electron chi connectivity index (χ2n) is 4.02. The number of anilines is 1. The van der Waals surface area contributed by atoms with Gasteiger partial charge in [0.2, 0.25) is 0 Å². The topological polar surface area (TPSA) is 58.6 Å². The molecule has 0 fully saturated rings. The molecule has 2 N–H and O–H groups in total. The normalized spacial score (nSPS) is 9.95. The number of ether oxygens (including phenoxy) is 1. The van der Waals surface area contributed by atoms with Gasteiger partial charge in [-0.05, 0) is 18.2 Å². The van der Waals surface area contributed by atoms with E-state index >= 15 is 0 Å². The Morgan fingerprint density at radius 3 is 2.58 bits per heavy atom. The standard InChI is InChI=1S/C15H15NO3/c1-19-15(18)12-7-3-4-8-13(12)16-10-11-6-2-5-9-14(11)17/h2-9,16-17H,10H2,1H3. The number of para-hydroxylation sites is 2. The Bertz CT molecular complexity index is 581. The number of methoxy groups -OCH3 is 1. The Labute approximate surface area is 111 Å². The molecule has 0 amide bonds. The van der Waals surface area contributed by atoms with E-state index in [0.717, 1.165) is 5.56 Å². The number of carbonyl (C=O) groups excluding carboxylic acids is 1. The first kappa shape index (κ1) is 13.0. The molecule has 2 aromatic carbocycles. The van der Waals surface area contributed by atoms with Gasteiger partial charge in [0.1, 0.15) is 5.75 Å². The molecule has 0 atom stereocenters. The summed E-state index contributed by atoms with van der Waals surface area (Å²) in [6.07, 6.45) is 0. The molecule has 0 aromatic heterocycles. The van der Waals surface area contributed by atoms with E-state index < -0.39 is 0 Å². The zero-order valence-electron chi connectivity index (χ0n) is 10.6. The summed E-state index contributed by atoms with van der Waals surface area (Å²) < 4.78 is 4.72. The largest absolute Gasteiger partial charge is 0.508 e. The van der Waals surface area contributed by atoms with Crippen LogP contribution in [-0.4, -0.2) is 18.2 Å². The minimum Gasteiger partial charge on any atom is -0.508 e. The third kappa shape index (κ3) is 3.04.